The molecule has 4 heteroatoms. The largest absolute Gasteiger partial charge is 0.483 e. The number of benzene rings is 2. The molecule has 0 saturated carbocycles. The Hall–Kier alpha value is -1.58. The zero-order valence-corrected chi connectivity index (χ0v) is 10.4. The van der Waals surface area contributed by atoms with E-state index in [1.165, 1.54) is 6.07 Å². The number of ether oxygens (including phenoxy) is 1. The average Bonchev–Trinajstić information content (AvgIpc) is 2.39. The Balaban J connectivity index is 2.26. The molecule has 2 aromatic carbocycles. The molecule has 0 bridgehead atoms. The van der Waals surface area contributed by atoms with Crippen LogP contribution in [0.4, 0.5) is 4.39 Å². The second-order valence-electron chi connectivity index (χ2n) is 3.79. The zero-order valence-electron chi connectivity index (χ0n) is 9.64. The van der Waals surface area contributed by atoms with Gasteiger partial charge in [-0.3, -0.25) is 0 Å². The van der Waals surface area contributed by atoms with E-state index in [0.29, 0.717) is 16.3 Å². The molecule has 0 aliphatic carbocycles. The Kier molecular flexibility index (Phi) is 4.18. The lowest BCUT2D eigenvalue weighted by Gasteiger charge is -2.19. The third-order valence-electron chi connectivity index (χ3n) is 2.57. The van der Waals surface area contributed by atoms with Crippen LogP contribution in [0.2, 0.25) is 5.02 Å². The van der Waals surface area contributed by atoms with Crippen molar-refractivity contribution in [1.82, 2.24) is 0 Å². The number of hydrogen-bond donors (Lipinski definition) is 1. The summed E-state index contributed by atoms with van der Waals surface area (Å²) in [6, 6.07) is 13.5. The van der Waals surface area contributed by atoms with E-state index in [9.17, 15) is 4.39 Å². The first-order valence-electron chi connectivity index (χ1n) is 5.58. The van der Waals surface area contributed by atoms with Gasteiger partial charge in [-0.05, 0) is 18.2 Å². The predicted molar refractivity (Wildman–Crippen MR) is 70.3 cm³/mol. The topological polar surface area (TPSA) is 35.2 Å². The van der Waals surface area contributed by atoms with Gasteiger partial charge in [0, 0.05) is 12.1 Å². The molecule has 0 aromatic heterocycles. The highest BCUT2D eigenvalue weighted by atomic mass is 35.5. The van der Waals surface area contributed by atoms with E-state index < -0.39 is 6.10 Å². The van der Waals surface area contributed by atoms with Gasteiger partial charge in [0.05, 0.1) is 5.02 Å². The molecule has 94 valence electrons. The van der Waals surface area contributed by atoms with Gasteiger partial charge in [-0.15, -0.1) is 0 Å². The van der Waals surface area contributed by atoms with Crippen molar-refractivity contribution in [3.05, 3.63) is 64.9 Å². The molecule has 0 spiro atoms. The molecule has 1 unspecified atom stereocenters. The fourth-order valence-corrected chi connectivity index (χ4v) is 1.85. The molecule has 0 fully saturated rings. The van der Waals surface area contributed by atoms with Crippen molar-refractivity contribution in [2.75, 3.05) is 6.54 Å². The molecule has 2 rings (SSSR count). The second-order valence-corrected chi connectivity index (χ2v) is 4.20. The van der Waals surface area contributed by atoms with Crippen molar-refractivity contribution >= 4 is 11.6 Å². The summed E-state index contributed by atoms with van der Waals surface area (Å²) >= 11 is 5.99. The molecule has 0 aliphatic heterocycles. The van der Waals surface area contributed by atoms with Gasteiger partial charge in [0.15, 0.2) is 0 Å². The minimum absolute atomic E-state index is 0.173. The summed E-state index contributed by atoms with van der Waals surface area (Å²) in [5.41, 5.74) is 6.07. The number of rotatable bonds is 4. The van der Waals surface area contributed by atoms with Gasteiger partial charge in [-0.2, -0.15) is 0 Å². The number of nitrogens with two attached hydrogens (primary N) is 1. The van der Waals surface area contributed by atoms with Crippen molar-refractivity contribution in [3.63, 3.8) is 0 Å². The van der Waals surface area contributed by atoms with E-state index in [4.69, 9.17) is 22.1 Å². The van der Waals surface area contributed by atoms with E-state index in [0.717, 1.165) is 0 Å². The van der Waals surface area contributed by atoms with Crippen LogP contribution in [0, 0.1) is 5.82 Å². The minimum atomic E-state index is -0.550. The molecule has 2 nitrogen and oxygen atoms in total. The Morgan fingerprint density at radius 3 is 2.44 bits per heavy atom. The molecule has 0 amide bonds. The average molecular weight is 266 g/mol. The highest BCUT2D eigenvalue weighted by molar-refractivity contribution is 6.32. The minimum Gasteiger partial charge on any atom is -0.483 e. The van der Waals surface area contributed by atoms with Gasteiger partial charge in [-0.1, -0.05) is 41.9 Å². The van der Waals surface area contributed by atoms with Gasteiger partial charge in [0.25, 0.3) is 0 Å². The van der Waals surface area contributed by atoms with Gasteiger partial charge >= 0.3 is 0 Å². The van der Waals surface area contributed by atoms with Crippen LogP contribution < -0.4 is 10.5 Å². The summed E-state index contributed by atoms with van der Waals surface area (Å²) in [4.78, 5) is 0. The number of hydrogen-bond acceptors (Lipinski definition) is 2. The van der Waals surface area contributed by atoms with Crippen molar-refractivity contribution < 1.29 is 9.13 Å². The summed E-state index contributed by atoms with van der Waals surface area (Å²) in [6.45, 7) is 0.173. The number of para-hydroxylation sites is 1. The SMILES string of the molecule is NCC(Oc1ccccc1Cl)c1ccccc1F. The molecule has 0 saturated heterocycles. The predicted octanol–water partition coefficient (Wildman–Crippen LogP) is 3.56. The lowest BCUT2D eigenvalue weighted by atomic mass is 10.1. The Bertz CT molecular complexity index is 533. The highest BCUT2D eigenvalue weighted by Crippen LogP contribution is 2.29. The monoisotopic (exact) mass is 265 g/mol. The van der Waals surface area contributed by atoms with E-state index in [2.05, 4.69) is 0 Å². The van der Waals surface area contributed by atoms with Gasteiger partial charge in [-0.25, -0.2) is 4.39 Å². The quantitative estimate of drug-likeness (QED) is 0.917. The standard InChI is InChI=1S/C14H13ClFNO/c15-11-6-2-4-8-13(11)18-14(9-17)10-5-1-3-7-12(10)16/h1-8,14H,9,17H2. The van der Waals surface area contributed by atoms with Crippen LogP contribution in [-0.2, 0) is 0 Å². The van der Waals surface area contributed by atoms with Crippen LogP contribution in [0.25, 0.3) is 0 Å². The van der Waals surface area contributed by atoms with Crippen molar-refractivity contribution in [3.8, 4) is 5.75 Å². The molecule has 2 N–H and O–H groups in total. The van der Waals surface area contributed by atoms with Crippen LogP contribution in [0.15, 0.2) is 48.5 Å². The van der Waals surface area contributed by atoms with Crippen LogP contribution >= 0.6 is 11.6 Å². The molecule has 18 heavy (non-hydrogen) atoms. The summed E-state index contributed by atoms with van der Waals surface area (Å²) in [5.74, 6) is 0.165. The van der Waals surface area contributed by atoms with Crippen LogP contribution in [0.5, 0.6) is 5.75 Å². The highest BCUT2D eigenvalue weighted by Gasteiger charge is 2.16. The van der Waals surface area contributed by atoms with Crippen LogP contribution in [0.3, 0.4) is 0 Å². The van der Waals surface area contributed by atoms with Gasteiger partial charge in [0.2, 0.25) is 0 Å². The van der Waals surface area contributed by atoms with E-state index >= 15 is 0 Å². The lowest BCUT2D eigenvalue weighted by molar-refractivity contribution is 0.209. The fourth-order valence-electron chi connectivity index (χ4n) is 1.67. The Morgan fingerprint density at radius 2 is 1.78 bits per heavy atom. The first-order valence-corrected chi connectivity index (χ1v) is 5.96. The van der Waals surface area contributed by atoms with E-state index in [-0.39, 0.29) is 12.4 Å². The molecule has 2 aromatic rings. The van der Waals surface area contributed by atoms with E-state index in [1.54, 1.807) is 42.5 Å². The second kappa shape index (κ2) is 5.85. The molecular weight excluding hydrogens is 253 g/mol. The maximum Gasteiger partial charge on any atom is 0.139 e. The maximum absolute atomic E-state index is 13.7. The first-order chi connectivity index (χ1) is 8.72. The summed E-state index contributed by atoms with van der Waals surface area (Å²) in [7, 11) is 0. The maximum atomic E-state index is 13.7. The fraction of sp³-hybridized carbons (Fsp3) is 0.143. The Labute approximate surface area is 110 Å². The van der Waals surface area contributed by atoms with E-state index in [1.807, 2.05) is 0 Å². The van der Waals surface area contributed by atoms with Crippen molar-refractivity contribution in [1.29, 1.82) is 0 Å². The third-order valence-corrected chi connectivity index (χ3v) is 2.88. The first kappa shape index (κ1) is 12.9. The normalized spacial score (nSPS) is 12.2. The van der Waals surface area contributed by atoms with Gasteiger partial charge < -0.3 is 10.5 Å². The van der Waals surface area contributed by atoms with Crippen LogP contribution in [0.1, 0.15) is 11.7 Å². The molecule has 1 atom stereocenters. The smallest absolute Gasteiger partial charge is 0.139 e. The molecule has 0 radical (unpaired) electrons. The molecule has 0 aliphatic rings. The zero-order chi connectivity index (χ0) is 13.0. The molecule has 0 heterocycles. The number of halogens is 2. The van der Waals surface area contributed by atoms with Gasteiger partial charge in [0.1, 0.15) is 17.7 Å². The summed E-state index contributed by atoms with van der Waals surface area (Å²) in [5, 5.41) is 0.479. The van der Waals surface area contributed by atoms with Crippen LogP contribution in [-0.4, -0.2) is 6.54 Å². The molecular formula is C14H13ClFNO. The third kappa shape index (κ3) is 2.81. The van der Waals surface area contributed by atoms with Crippen molar-refractivity contribution in [2.45, 2.75) is 6.10 Å². The summed E-state index contributed by atoms with van der Waals surface area (Å²) < 4.78 is 19.3. The van der Waals surface area contributed by atoms with Crippen molar-refractivity contribution in [2.24, 2.45) is 5.73 Å². The summed E-state index contributed by atoms with van der Waals surface area (Å²) in [6.07, 6.45) is -0.550. The lowest BCUT2D eigenvalue weighted by Crippen LogP contribution is -2.19. The Morgan fingerprint density at radius 1 is 1.11 bits per heavy atom.